The van der Waals surface area contributed by atoms with E-state index in [0.29, 0.717) is 12.4 Å². The molecule has 5 heteroatoms. The Bertz CT molecular complexity index is 481. The zero-order valence-corrected chi connectivity index (χ0v) is 9.97. The number of imidazole rings is 1. The van der Waals surface area contributed by atoms with Crippen molar-refractivity contribution in [2.45, 2.75) is 18.9 Å². The Balaban J connectivity index is 1.81. The SMILES string of the molecule is NC(CCc1ccccc1)C(=O)Nc1ncc[nH]1. The number of hydrogen-bond acceptors (Lipinski definition) is 3. The van der Waals surface area contributed by atoms with Crippen molar-refractivity contribution >= 4 is 11.9 Å². The van der Waals surface area contributed by atoms with Crippen LogP contribution in [0.25, 0.3) is 0 Å². The lowest BCUT2D eigenvalue weighted by Gasteiger charge is -2.10. The molecule has 5 nitrogen and oxygen atoms in total. The molecule has 4 N–H and O–H groups in total. The van der Waals surface area contributed by atoms with Crippen LogP contribution in [0, 0.1) is 0 Å². The molecule has 0 spiro atoms. The molecule has 1 aromatic carbocycles. The second kappa shape index (κ2) is 5.97. The number of carbonyl (C=O) groups is 1. The number of aryl methyl sites for hydroxylation is 1. The summed E-state index contributed by atoms with van der Waals surface area (Å²) in [6.45, 7) is 0. The highest BCUT2D eigenvalue weighted by Gasteiger charge is 2.14. The van der Waals surface area contributed by atoms with Gasteiger partial charge in [0.05, 0.1) is 6.04 Å². The number of H-pyrrole nitrogens is 1. The van der Waals surface area contributed by atoms with E-state index in [-0.39, 0.29) is 5.91 Å². The molecule has 2 aromatic rings. The van der Waals surface area contributed by atoms with Gasteiger partial charge in [0.1, 0.15) is 0 Å². The van der Waals surface area contributed by atoms with E-state index in [9.17, 15) is 4.79 Å². The van der Waals surface area contributed by atoms with Gasteiger partial charge in [-0.15, -0.1) is 0 Å². The summed E-state index contributed by atoms with van der Waals surface area (Å²) in [6.07, 6.45) is 4.61. The predicted molar refractivity (Wildman–Crippen MR) is 70.0 cm³/mol. The topological polar surface area (TPSA) is 83.8 Å². The van der Waals surface area contributed by atoms with Gasteiger partial charge in [-0.3, -0.25) is 10.1 Å². The van der Waals surface area contributed by atoms with Gasteiger partial charge < -0.3 is 10.7 Å². The monoisotopic (exact) mass is 244 g/mol. The first-order valence-electron chi connectivity index (χ1n) is 5.85. The van der Waals surface area contributed by atoms with Gasteiger partial charge in [-0.2, -0.15) is 0 Å². The van der Waals surface area contributed by atoms with Gasteiger partial charge in [0.2, 0.25) is 11.9 Å². The fourth-order valence-electron chi connectivity index (χ4n) is 1.64. The molecular weight excluding hydrogens is 228 g/mol. The lowest BCUT2D eigenvalue weighted by Crippen LogP contribution is -2.36. The van der Waals surface area contributed by atoms with E-state index in [2.05, 4.69) is 15.3 Å². The summed E-state index contributed by atoms with van der Waals surface area (Å²) < 4.78 is 0. The van der Waals surface area contributed by atoms with Crippen molar-refractivity contribution in [1.82, 2.24) is 9.97 Å². The molecule has 0 aliphatic carbocycles. The lowest BCUT2D eigenvalue weighted by molar-refractivity contribution is -0.117. The number of nitrogens with two attached hydrogens (primary N) is 1. The lowest BCUT2D eigenvalue weighted by atomic mass is 10.1. The third-order valence-corrected chi connectivity index (χ3v) is 2.66. The predicted octanol–water partition coefficient (Wildman–Crippen LogP) is 1.31. The largest absolute Gasteiger partial charge is 0.331 e. The van der Waals surface area contributed by atoms with Crippen molar-refractivity contribution in [2.24, 2.45) is 5.73 Å². The maximum atomic E-state index is 11.7. The van der Waals surface area contributed by atoms with Crippen LogP contribution < -0.4 is 11.1 Å². The number of aromatic nitrogens is 2. The van der Waals surface area contributed by atoms with E-state index in [0.717, 1.165) is 6.42 Å². The zero-order valence-electron chi connectivity index (χ0n) is 9.97. The molecule has 1 atom stereocenters. The minimum absolute atomic E-state index is 0.221. The van der Waals surface area contributed by atoms with Gasteiger partial charge >= 0.3 is 0 Å². The molecule has 0 bridgehead atoms. The smallest absolute Gasteiger partial charge is 0.243 e. The average molecular weight is 244 g/mol. The van der Waals surface area contributed by atoms with Crippen LogP contribution in [0.5, 0.6) is 0 Å². The third-order valence-electron chi connectivity index (χ3n) is 2.66. The molecule has 0 radical (unpaired) electrons. The first kappa shape index (κ1) is 12.3. The van der Waals surface area contributed by atoms with Gasteiger partial charge in [-0.25, -0.2) is 4.98 Å². The molecule has 2 rings (SSSR count). The average Bonchev–Trinajstić information content (AvgIpc) is 2.90. The first-order chi connectivity index (χ1) is 8.75. The maximum absolute atomic E-state index is 11.7. The molecule has 1 unspecified atom stereocenters. The van der Waals surface area contributed by atoms with Crippen molar-refractivity contribution in [3.05, 3.63) is 48.3 Å². The number of carbonyl (C=O) groups excluding carboxylic acids is 1. The molecule has 0 aliphatic heterocycles. The highest BCUT2D eigenvalue weighted by molar-refractivity contribution is 5.93. The molecule has 0 saturated heterocycles. The van der Waals surface area contributed by atoms with Crippen LogP contribution in [0.15, 0.2) is 42.7 Å². The maximum Gasteiger partial charge on any atom is 0.243 e. The number of amides is 1. The van der Waals surface area contributed by atoms with Crippen LogP contribution in [-0.4, -0.2) is 21.9 Å². The number of benzene rings is 1. The molecule has 0 aliphatic rings. The molecule has 1 amide bonds. The molecule has 18 heavy (non-hydrogen) atoms. The zero-order chi connectivity index (χ0) is 12.8. The summed E-state index contributed by atoms with van der Waals surface area (Å²) in [7, 11) is 0. The van der Waals surface area contributed by atoms with E-state index >= 15 is 0 Å². The molecule has 1 aromatic heterocycles. The normalized spacial score (nSPS) is 12.1. The van der Waals surface area contributed by atoms with Crippen LogP contribution in [0.4, 0.5) is 5.95 Å². The van der Waals surface area contributed by atoms with Crippen LogP contribution in [0.2, 0.25) is 0 Å². The van der Waals surface area contributed by atoms with E-state index in [1.165, 1.54) is 5.56 Å². The molecule has 1 heterocycles. The van der Waals surface area contributed by atoms with Gasteiger partial charge in [0.15, 0.2) is 0 Å². The highest BCUT2D eigenvalue weighted by atomic mass is 16.2. The van der Waals surface area contributed by atoms with E-state index in [1.807, 2.05) is 30.3 Å². The fraction of sp³-hybridized carbons (Fsp3) is 0.231. The van der Waals surface area contributed by atoms with E-state index < -0.39 is 6.04 Å². The summed E-state index contributed by atoms with van der Waals surface area (Å²) >= 11 is 0. The summed E-state index contributed by atoms with van der Waals surface area (Å²) in [6, 6.07) is 9.44. The van der Waals surface area contributed by atoms with Crippen LogP contribution in [0.3, 0.4) is 0 Å². The van der Waals surface area contributed by atoms with Crippen molar-refractivity contribution < 1.29 is 4.79 Å². The van der Waals surface area contributed by atoms with Crippen molar-refractivity contribution in [2.75, 3.05) is 5.32 Å². The number of nitrogens with zero attached hydrogens (tertiary/aromatic N) is 1. The number of aromatic amines is 1. The number of nitrogens with one attached hydrogen (secondary N) is 2. The number of rotatable bonds is 5. The van der Waals surface area contributed by atoms with Gasteiger partial charge in [-0.1, -0.05) is 30.3 Å². The first-order valence-corrected chi connectivity index (χ1v) is 5.85. The Morgan fingerprint density at radius 2 is 2.17 bits per heavy atom. The van der Waals surface area contributed by atoms with E-state index in [4.69, 9.17) is 5.73 Å². The van der Waals surface area contributed by atoms with Crippen LogP contribution in [0.1, 0.15) is 12.0 Å². The number of hydrogen-bond donors (Lipinski definition) is 3. The van der Waals surface area contributed by atoms with Gasteiger partial charge in [0, 0.05) is 12.4 Å². The Labute approximate surface area is 105 Å². The van der Waals surface area contributed by atoms with Gasteiger partial charge in [-0.05, 0) is 18.4 Å². The summed E-state index contributed by atoms with van der Waals surface area (Å²) in [5.41, 5.74) is 7.01. The van der Waals surface area contributed by atoms with Crippen molar-refractivity contribution in [1.29, 1.82) is 0 Å². The quantitative estimate of drug-likeness (QED) is 0.741. The molecule has 0 saturated carbocycles. The summed E-state index contributed by atoms with van der Waals surface area (Å²) in [5, 5.41) is 2.63. The van der Waals surface area contributed by atoms with Gasteiger partial charge in [0.25, 0.3) is 0 Å². The summed E-state index contributed by atoms with van der Waals surface area (Å²) in [4.78, 5) is 18.4. The minimum Gasteiger partial charge on any atom is -0.331 e. The number of anilines is 1. The Kier molecular flexibility index (Phi) is 4.09. The fourth-order valence-corrected chi connectivity index (χ4v) is 1.64. The van der Waals surface area contributed by atoms with Crippen molar-refractivity contribution in [3.8, 4) is 0 Å². The second-order valence-corrected chi connectivity index (χ2v) is 4.06. The minimum atomic E-state index is -0.532. The van der Waals surface area contributed by atoms with Crippen LogP contribution in [-0.2, 0) is 11.2 Å². The molecule has 94 valence electrons. The molecule has 0 fully saturated rings. The standard InChI is InChI=1S/C13H16N4O/c14-11(7-6-10-4-2-1-3-5-10)12(18)17-13-15-8-9-16-13/h1-5,8-9,11H,6-7,14H2,(H2,15,16,17,18). The van der Waals surface area contributed by atoms with E-state index in [1.54, 1.807) is 12.4 Å². The summed E-state index contributed by atoms with van der Waals surface area (Å²) in [5.74, 6) is 0.205. The Morgan fingerprint density at radius 1 is 1.39 bits per heavy atom. The van der Waals surface area contributed by atoms with Crippen molar-refractivity contribution in [3.63, 3.8) is 0 Å². The van der Waals surface area contributed by atoms with Crippen LogP contribution >= 0.6 is 0 Å². The highest BCUT2D eigenvalue weighted by Crippen LogP contribution is 2.05. The Morgan fingerprint density at radius 3 is 2.83 bits per heavy atom. The molecular formula is C13H16N4O. The third kappa shape index (κ3) is 3.43. The Hall–Kier alpha value is -2.14. The second-order valence-electron chi connectivity index (χ2n) is 4.06.